The lowest BCUT2D eigenvalue weighted by atomic mass is 10.1. The Hall–Kier alpha value is -1.56. The van der Waals surface area contributed by atoms with Crippen molar-refractivity contribution < 1.29 is 14.0 Å². The van der Waals surface area contributed by atoms with E-state index >= 15 is 0 Å². The number of hydrogen-bond donors (Lipinski definition) is 1. The monoisotopic (exact) mass is 350 g/mol. The van der Waals surface area contributed by atoms with E-state index in [2.05, 4.69) is 12.2 Å². The van der Waals surface area contributed by atoms with Crippen LogP contribution in [0.25, 0.3) is 0 Å². The first kappa shape index (κ1) is 17.3. The van der Waals surface area contributed by atoms with Crippen molar-refractivity contribution >= 4 is 23.6 Å². The molecule has 2 unspecified atom stereocenters. The molecule has 0 bridgehead atoms. The van der Waals surface area contributed by atoms with Crippen molar-refractivity contribution in [2.75, 3.05) is 5.75 Å². The van der Waals surface area contributed by atoms with Crippen molar-refractivity contribution in [1.82, 2.24) is 10.2 Å². The first-order chi connectivity index (χ1) is 11.6. The smallest absolute Gasteiger partial charge is 0.243 e. The second-order valence-electron chi connectivity index (χ2n) is 6.46. The van der Waals surface area contributed by atoms with E-state index < -0.39 is 0 Å². The molecular formula is C18H23FN2O2S. The summed E-state index contributed by atoms with van der Waals surface area (Å²) in [4.78, 5) is 27.0. The van der Waals surface area contributed by atoms with Gasteiger partial charge in [0.05, 0.1) is 5.37 Å². The van der Waals surface area contributed by atoms with E-state index in [0.29, 0.717) is 12.3 Å². The lowest BCUT2D eigenvalue weighted by Crippen LogP contribution is -2.50. The average Bonchev–Trinajstić information content (AvgIpc) is 3.35. The van der Waals surface area contributed by atoms with Gasteiger partial charge in [-0.15, -0.1) is 11.8 Å². The summed E-state index contributed by atoms with van der Waals surface area (Å²) in [5, 5.41) is 3.01. The fourth-order valence-electron chi connectivity index (χ4n) is 2.98. The molecule has 2 amide bonds. The van der Waals surface area contributed by atoms with Crippen LogP contribution in [0.15, 0.2) is 24.3 Å². The standard InChI is InChI=1S/C18H23FN2O2S/c1-2-3-16-21(18(23)13-6-7-13)15(11-24-16)17(22)20-10-12-4-8-14(19)9-5-12/h4-5,8-9,13,15-16H,2-3,6-7,10-11H2,1H3,(H,20,22). The summed E-state index contributed by atoms with van der Waals surface area (Å²) in [6.45, 7) is 2.45. The number of amides is 2. The van der Waals surface area contributed by atoms with Crippen LogP contribution in [0.5, 0.6) is 0 Å². The molecule has 1 aliphatic heterocycles. The molecule has 2 atom stereocenters. The van der Waals surface area contributed by atoms with Crippen LogP contribution in [-0.4, -0.2) is 33.9 Å². The molecule has 3 rings (SSSR count). The number of nitrogens with one attached hydrogen (secondary N) is 1. The quantitative estimate of drug-likeness (QED) is 0.858. The van der Waals surface area contributed by atoms with Gasteiger partial charge in [0.15, 0.2) is 0 Å². The zero-order chi connectivity index (χ0) is 17.1. The third-order valence-electron chi connectivity index (χ3n) is 4.49. The van der Waals surface area contributed by atoms with Gasteiger partial charge in [0, 0.05) is 18.2 Å². The number of thioether (sulfide) groups is 1. The Labute approximate surface area is 146 Å². The molecule has 1 aliphatic carbocycles. The molecule has 1 heterocycles. The summed E-state index contributed by atoms with van der Waals surface area (Å²) in [7, 11) is 0. The molecule has 1 aromatic carbocycles. The number of rotatable bonds is 6. The van der Waals surface area contributed by atoms with Crippen molar-refractivity contribution in [3.63, 3.8) is 0 Å². The second-order valence-corrected chi connectivity index (χ2v) is 7.67. The van der Waals surface area contributed by atoms with Crippen LogP contribution in [0.3, 0.4) is 0 Å². The molecular weight excluding hydrogens is 327 g/mol. The Kier molecular flexibility index (Phi) is 5.43. The summed E-state index contributed by atoms with van der Waals surface area (Å²) in [6, 6.07) is 5.69. The van der Waals surface area contributed by atoms with Gasteiger partial charge in [0.2, 0.25) is 11.8 Å². The Morgan fingerprint density at radius 1 is 1.29 bits per heavy atom. The van der Waals surface area contributed by atoms with Gasteiger partial charge in [-0.3, -0.25) is 9.59 Å². The summed E-state index contributed by atoms with van der Waals surface area (Å²) in [5.74, 6) is 0.509. The predicted octanol–water partition coefficient (Wildman–Crippen LogP) is 2.92. The van der Waals surface area contributed by atoms with Crippen molar-refractivity contribution in [2.45, 2.75) is 50.6 Å². The molecule has 0 radical (unpaired) electrons. The zero-order valence-corrected chi connectivity index (χ0v) is 14.7. The maximum Gasteiger partial charge on any atom is 0.243 e. The fraction of sp³-hybridized carbons (Fsp3) is 0.556. The Morgan fingerprint density at radius 2 is 2.00 bits per heavy atom. The van der Waals surface area contributed by atoms with Crippen LogP contribution in [0.4, 0.5) is 4.39 Å². The molecule has 130 valence electrons. The maximum atomic E-state index is 12.9. The van der Waals surface area contributed by atoms with E-state index in [1.807, 2.05) is 4.90 Å². The van der Waals surface area contributed by atoms with Gasteiger partial charge >= 0.3 is 0 Å². The van der Waals surface area contributed by atoms with Gasteiger partial charge in [-0.05, 0) is 37.0 Å². The van der Waals surface area contributed by atoms with E-state index in [-0.39, 0.29) is 35.0 Å². The van der Waals surface area contributed by atoms with Crippen molar-refractivity contribution in [3.05, 3.63) is 35.6 Å². The Balaban J connectivity index is 1.63. The molecule has 1 aromatic rings. The SMILES string of the molecule is CCCC1SCC(C(=O)NCc2ccc(F)cc2)N1C(=O)C1CC1. The lowest BCUT2D eigenvalue weighted by Gasteiger charge is -2.29. The highest BCUT2D eigenvalue weighted by molar-refractivity contribution is 8.00. The number of nitrogens with zero attached hydrogens (tertiary/aromatic N) is 1. The largest absolute Gasteiger partial charge is 0.350 e. The van der Waals surface area contributed by atoms with Gasteiger partial charge in [-0.1, -0.05) is 25.5 Å². The minimum atomic E-state index is -0.389. The normalized spacial score (nSPS) is 23.3. The third-order valence-corrected chi connectivity index (χ3v) is 5.85. The van der Waals surface area contributed by atoms with Gasteiger partial charge in [-0.2, -0.15) is 0 Å². The van der Waals surface area contributed by atoms with Crippen molar-refractivity contribution in [2.24, 2.45) is 5.92 Å². The molecule has 0 aromatic heterocycles. The summed E-state index contributed by atoms with van der Waals surface area (Å²) >= 11 is 1.70. The first-order valence-electron chi connectivity index (χ1n) is 8.56. The number of carbonyl (C=O) groups excluding carboxylic acids is 2. The Bertz CT molecular complexity index is 604. The van der Waals surface area contributed by atoms with E-state index in [4.69, 9.17) is 0 Å². The minimum absolute atomic E-state index is 0.112. The van der Waals surface area contributed by atoms with E-state index in [9.17, 15) is 14.0 Å². The number of halogens is 1. The van der Waals surface area contributed by atoms with Crippen molar-refractivity contribution in [1.29, 1.82) is 0 Å². The zero-order valence-electron chi connectivity index (χ0n) is 13.8. The molecule has 2 fully saturated rings. The maximum absolute atomic E-state index is 12.9. The van der Waals surface area contributed by atoms with Crippen LogP contribution in [0.1, 0.15) is 38.2 Å². The highest BCUT2D eigenvalue weighted by Gasteiger charge is 2.45. The molecule has 1 saturated heterocycles. The fourth-order valence-corrected chi connectivity index (χ4v) is 4.51. The lowest BCUT2D eigenvalue weighted by molar-refractivity contribution is -0.140. The third kappa shape index (κ3) is 3.91. The molecule has 0 spiro atoms. The first-order valence-corrected chi connectivity index (χ1v) is 9.61. The van der Waals surface area contributed by atoms with Crippen LogP contribution < -0.4 is 5.32 Å². The summed E-state index contributed by atoms with van der Waals surface area (Å²) in [6.07, 6.45) is 3.81. The van der Waals surface area contributed by atoms with Gasteiger partial charge in [0.25, 0.3) is 0 Å². The second kappa shape index (κ2) is 7.55. The van der Waals surface area contributed by atoms with E-state index in [0.717, 1.165) is 31.2 Å². The van der Waals surface area contributed by atoms with Crippen LogP contribution >= 0.6 is 11.8 Å². The molecule has 6 heteroatoms. The average molecular weight is 350 g/mol. The number of hydrogen-bond acceptors (Lipinski definition) is 3. The minimum Gasteiger partial charge on any atom is -0.350 e. The van der Waals surface area contributed by atoms with E-state index in [1.54, 1.807) is 23.9 Å². The molecule has 2 aliphatic rings. The number of carbonyl (C=O) groups is 2. The molecule has 1 saturated carbocycles. The topological polar surface area (TPSA) is 49.4 Å². The van der Waals surface area contributed by atoms with Gasteiger partial charge in [0.1, 0.15) is 11.9 Å². The molecule has 4 nitrogen and oxygen atoms in total. The van der Waals surface area contributed by atoms with Gasteiger partial charge < -0.3 is 10.2 Å². The summed E-state index contributed by atoms with van der Waals surface area (Å²) in [5.41, 5.74) is 0.848. The number of benzene rings is 1. The molecule has 1 N–H and O–H groups in total. The molecule has 24 heavy (non-hydrogen) atoms. The Morgan fingerprint density at radius 3 is 2.62 bits per heavy atom. The highest BCUT2D eigenvalue weighted by Crippen LogP contribution is 2.39. The highest BCUT2D eigenvalue weighted by atomic mass is 32.2. The van der Waals surface area contributed by atoms with Crippen LogP contribution in [0, 0.1) is 11.7 Å². The van der Waals surface area contributed by atoms with Crippen LogP contribution in [-0.2, 0) is 16.1 Å². The van der Waals surface area contributed by atoms with Crippen molar-refractivity contribution in [3.8, 4) is 0 Å². The van der Waals surface area contributed by atoms with Crippen LogP contribution in [0.2, 0.25) is 0 Å². The van der Waals surface area contributed by atoms with E-state index in [1.165, 1.54) is 12.1 Å². The summed E-state index contributed by atoms with van der Waals surface area (Å²) < 4.78 is 12.9. The predicted molar refractivity (Wildman–Crippen MR) is 92.8 cm³/mol. The van der Waals surface area contributed by atoms with Gasteiger partial charge in [-0.25, -0.2) is 4.39 Å².